The van der Waals surface area contributed by atoms with E-state index in [9.17, 15) is 4.79 Å². The third kappa shape index (κ3) is 3.37. The first-order valence-electron chi connectivity index (χ1n) is 7.18. The standard InChI is InChI=1S/C14H24N4O2/c1-11(2)9-18-6-5-16-12(13(18)19)17-14(10-15)3-7-20-8-4-14/h5-6,11H,3-4,7-10,15H2,1-2H3,(H,16,17). The Bertz CT molecular complexity index is 492. The van der Waals surface area contributed by atoms with Crippen LogP contribution < -0.4 is 16.6 Å². The lowest BCUT2D eigenvalue weighted by atomic mass is 9.90. The molecule has 20 heavy (non-hydrogen) atoms. The van der Waals surface area contributed by atoms with Crippen LogP contribution in [0.25, 0.3) is 0 Å². The van der Waals surface area contributed by atoms with Crippen LogP contribution in [-0.4, -0.2) is 34.8 Å². The van der Waals surface area contributed by atoms with E-state index in [0.717, 1.165) is 12.8 Å². The van der Waals surface area contributed by atoms with E-state index in [4.69, 9.17) is 10.5 Å². The molecule has 1 aliphatic rings. The van der Waals surface area contributed by atoms with Crippen LogP contribution in [0.15, 0.2) is 17.2 Å². The van der Waals surface area contributed by atoms with Gasteiger partial charge < -0.3 is 20.4 Å². The predicted molar refractivity (Wildman–Crippen MR) is 78.8 cm³/mol. The molecular formula is C14H24N4O2. The van der Waals surface area contributed by atoms with Gasteiger partial charge in [-0.2, -0.15) is 0 Å². The van der Waals surface area contributed by atoms with Gasteiger partial charge in [0.05, 0.1) is 5.54 Å². The number of rotatable bonds is 5. The van der Waals surface area contributed by atoms with Crippen molar-refractivity contribution in [1.29, 1.82) is 0 Å². The van der Waals surface area contributed by atoms with Crippen LogP contribution in [0.3, 0.4) is 0 Å². The highest BCUT2D eigenvalue weighted by Crippen LogP contribution is 2.22. The lowest BCUT2D eigenvalue weighted by Gasteiger charge is -2.37. The van der Waals surface area contributed by atoms with Gasteiger partial charge in [0.25, 0.3) is 5.56 Å². The molecule has 6 nitrogen and oxygen atoms in total. The second-order valence-corrected chi connectivity index (χ2v) is 5.85. The highest BCUT2D eigenvalue weighted by atomic mass is 16.5. The Morgan fingerprint density at radius 2 is 2.20 bits per heavy atom. The molecule has 2 rings (SSSR count). The minimum atomic E-state index is -0.276. The first kappa shape index (κ1) is 15.0. The predicted octanol–water partition coefficient (Wildman–Crippen LogP) is 0.819. The zero-order valence-corrected chi connectivity index (χ0v) is 12.3. The Balaban J connectivity index is 2.22. The molecule has 1 fully saturated rings. The van der Waals surface area contributed by atoms with E-state index in [1.54, 1.807) is 17.0 Å². The number of hydrogen-bond acceptors (Lipinski definition) is 5. The second kappa shape index (κ2) is 6.37. The number of nitrogens with zero attached hydrogens (tertiary/aromatic N) is 2. The Labute approximate surface area is 119 Å². The summed E-state index contributed by atoms with van der Waals surface area (Å²) in [6, 6.07) is 0. The van der Waals surface area contributed by atoms with Crippen molar-refractivity contribution in [3.05, 3.63) is 22.7 Å². The average Bonchev–Trinajstić information content (AvgIpc) is 2.44. The lowest BCUT2D eigenvalue weighted by molar-refractivity contribution is 0.0626. The van der Waals surface area contributed by atoms with Gasteiger partial charge in [0.15, 0.2) is 5.82 Å². The molecule has 0 unspecified atom stereocenters. The molecule has 1 aromatic heterocycles. The number of nitrogens with two attached hydrogens (primary N) is 1. The van der Waals surface area contributed by atoms with Gasteiger partial charge in [-0.25, -0.2) is 4.98 Å². The number of nitrogens with one attached hydrogen (secondary N) is 1. The smallest absolute Gasteiger partial charge is 0.293 e. The van der Waals surface area contributed by atoms with Crippen molar-refractivity contribution in [2.24, 2.45) is 11.7 Å². The molecule has 0 radical (unpaired) electrons. The summed E-state index contributed by atoms with van der Waals surface area (Å²) >= 11 is 0. The van der Waals surface area contributed by atoms with Crippen molar-refractivity contribution >= 4 is 5.82 Å². The summed E-state index contributed by atoms with van der Waals surface area (Å²) in [4.78, 5) is 16.6. The van der Waals surface area contributed by atoms with Crippen LogP contribution in [-0.2, 0) is 11.3 Å². The largest absolute Gasteiger partial charge is 0.381 e. The second-order valence-electron chi connectivity index (χ2n) is 5.85. The van der Waals surface area contributed by atoms with E-state index in [1.807, 2.05) is 0 Å². The van der Waals surface area contributed by atoms with Gasteiger partial charge in [-0.15, -0.1) is 0 Å². The molecule has 3 N–H and O–H groups in total. The summed E-state index contributed by atoms with van der Waals surface area (Å²) in [5, 5.41) is 3.28. The van der Waals surface area contributed by atoms with Crippen molar-refractivity contribution in [3.63, 3.8) is 0 Å². The molecule has 0 saturated carbocycles. The fraction of sp³-hybridized carbons (Fsp3) is 0.714. The fourth-order valence-electron chi connectivity index (χ4n) is 2.46. The van der Waals surface area contributed by atoms with Crippen molar-refractivity contribution in [3.8, 4) is 0 Å². The molecule has 0 atom stereocenters. The molecule has 6 heteroatoms. The lowest BCUT2D eigenvalue weighted by Crippen LogP contribution is -2.51. The van der Waals surface area contributed by atoms with E-state index in [1.165, 1.54) is 0 Å². The SMILES string of the molecule is CC(C)Cn1ccnc(NC2(CN)CCOCC2)c1=O. The minimum absolute atomic E-state index is 0.0829. The van der Waals surface area contributed by atoms with Gasteiger partial charge >= 0.3 is 0 Å². The zero-order chi connectivity index (χ0) is 14.6. The van der Waals surface area contributed by atoms with Gasteiger partial charge in [-0.05, 0) is 18.8 Å². The molecular weight excluding hydrogens is 256 g/mol. The summed E-state index contributed by atoms with van der Waals surface area (Å²) in [5.74, 6) is 0.801. The highest BCUT2D eigenvalue weighted by molar-refractivity contribution is 5.35. The Morgan fingerprint density at radius 1 is 1.50 bits per heavy atom. The van der Waals surface area contributed by atoms with Crippen LogP contribution in [0.1, 0.15) is 26.7 Å². The molecule has 1 saturated heterocycles. The maximum atomic E-state index is 12.4. The monoisotopic (exact) mass is 280 g/mol. The molecule has 0 aliphatic carbocycles. The van der Waals surface area contributed by atoms with Crippen LogP contribution in [0, 0.1) is 5.92 Å². The molecule has 2 heterocycles. The summed E-state index contributed by atoms with van der Waals surface area (Å²) < 4.78 is 7.07. The minimum Gasteiger partial charge on any atom is -0.381 e. The average molecular weight is 280 g/mol. The van der Waals surface area contributed by atoms with E-state index < -0.39 is 0 Å². The van der Waals surface area contributed by atoms with Gasteiger partial charge in [-0.1, -0.05) is 13.8 Å². The summed E-state index contributed by atoms with van der Waals surface area (Å²) in [7, 11) is 0. The van der Waals surface area contributed by atoms with E-state index in [0.29, 0.717) is 38.0 Å². The molecule has 0 amide bonds. The molecule has 0 spiro atoms. The van der Waals surface area contributed by atoms with Crippen LogP contribution >= 0.6 is 0 Å². The van der Waals surface area contributed by atoms with Gasteiger partial charge in [-0.3, -0.25) is 4.79 Å². The summed E-state index contributed by atoms with van der Waals surface area (Å²) in [6.07, 6.45) is 4.98. The zero-order valence-electron chi connectivity index (χ0n) is 12.3. The van der Waals surface area contributed by atoms with E-state index >= 15 is 0 Å². The molecule has 1 aliphatic heterocycles. The van der Waals surface area contributed by atoms with E-state index in [-0.39, 0.29) is 11.1 Å². The Morgan fingerprint density at radius 3 is 2.80 bits per heavy atom. The third-order valence-electron chi connectivity index (χ3n) is 3.70. The maximum absolute atomic E-state index is 12.4. The normalized spacial score (nSPS) is 18.2. The number of ether oxygens (including phenoxy) is 1. The summed E-state index contributed by atoms with van der Waals surface area (Å²) in [5.41, 5.74) is 5.54. The number of aromatic nitrogens is 2. The topological polar surface area (TPSA) is 82.2 Å². The maximum Gasteiger partial charge on any atom is 0.293 e. The first-order valence-corrected chi connectivity index (χ1v) is 7.18. The molecule has 0 aromatic carbocycles. The quantitative estimate of drug-likeness (QED) is 0.834. The number of hydrogen-bond donors (Lipinski definition) is 2. The van der Waals surface area contributed by atoms with E-state index in [2.05, 4.69) is 24.1 Å². The summed E-state index contributed by atoms with van der Waals surface area (Å²) in [6.45, 7) is 6.65. The fourth-order valence-corrected chi connectivity index (χ4v) is 2.46. The first-order chi connectivity index (χ1) is 9.56. The van der Waals surface area contributed by atoms with Gasteiger partial charge in [0, 0.05) is 38.7 Å². The van der Waals surface area contributed by atoms with Crippen molar-refractivity contribution in [2.45, 2.75) is 38.8 Å². The number of anilines is 1. The highest BCUT2D eigenvalue weighted by Gasteiger charge is 2.32. The van der Waals surface area contributed by atoms with Crippen molar-refractivity contribution in [2.75, 3.05) is 25.1 Å². The van der Waals surface area contributed by atoms with Gasteiger partial charge in [0.2, 0.25) is 0 Å². The Kier molecular flexibility index (Phi) is 4.77. The van der Waals surface area contributed by atoms with Gasteiger partial charge in [0.1, 0.15) is 0 Å². The molecule has 112 valence electrons. The van der Waals surface area contributed by atoms with Crippen molar-refractivity contribution < 1.29 is 4.74 Å². The van der Waals surface area contributed by atoms with Crippen LogP contribution in [0.4, 0.5) is 5.82 Å². The van der Waals surface area contributed by atoms with Crippen LogP contribution in [0.2, 0.25) is 0 Å². The van der Waals surface area contributed by atoms with Crippen molar-refractivity contribution in [1.82, 2.24) is 9.55 Å². The Hall–Kier alpha value is -1.40. The third-order valence-corrected chi connectivity index (χ3v) is 3.70. The van der Waals surface area contributed by atoms with Crippen LogP contribution in [0.5, 0.6) is 0 Å². The molecule has 1 aromatic rings. The molecule has 0 bridgehead atoms.